The molecule has 30 heavy (non-hydrogen) atoms. The molecule has 1 amide bonds. The largest absolute Gasteiger partial charge is 0.481 e. The molecule has 0 saturated heterocycles. The van der Waals surface area contributed by atoms with E-state index in [1.807, 2.05) is 6.92 Å². The molecule has 0 aliphatic carbocycles. The number of carboxylic acids is 1. The molecule has 0 spiro atoms. The molecule has 0 rings (SSSR count). The van der Waals surface area contributed by atoms with Crippen molar-refractivity contribution in [3.63, 3.8) is 0 Å². The van der Waals surface area contributed by atoms with E-state index in [2.05, 4.69) is 25.7 Å². The van der Waals surface area contributed by atoms with E-state index in [0.717, 1.165) is 38.8 Å². The Hall–Kier alpha value is -1.10. The Morgan fingerprint density at radius 3 is 1.37 bits per heavy atom. The van der Waals surface area contributed by atoms with Crippen LogP contribution in [0.15, 0.2) is 0 Å². The lowest BCUT2D eigenvalue weighted by Crippen LogP contribution is -2.43. The van der Waals surface area contributed by atoms with E-state index in [9.17, 15) is 9.59 Å². The van der Waals surface area contributed by atoms with Gasteiger partial charge in [0.1, 0.15) is 0 Å². The van der Waals surface area contributed by atoms with Crippen LogP contribution < -0.4 is 5.73 Å². The topological polar surface area (TPSA) is 83.6 Å². The molecule has 0 aliphatic rings. The van der Waals surface area contributed by atoms with Gasteiger partial charge in [-0.25, -0.2) is 0 Å². The van der Waals surface area contributed by atoms with E-state index in [1.165, 1.54) is 70.6 Å². The van der Waals surface area contributed by atoms with E-state index in [0.29, 0.717) is 6.42 Å². The second-order valence-electron chi connectivity index (χ2n) is 8.50. The Morgan fingerprint density at radius 2 is 1.07 bits per heavy atom. The summed E-state index contributed by atoms with van der Waals surface area (Å²) in [5.41, 5.74) is 5.22. The smallest absolute Gasteiger partial charge is 0.303 e. The first-order valence-electron chi connectivity index (χ1n) is 12.7. The predicted octanol–water partition coefficient (Wildman–Crippen LogP) is 6.53. The lowest BCUT2D eigenvalue weighted by Gasteiger charge is -2.25. The number of rotatable bonds is 20. The van der Waals surface area contributed by atoms with E-state index >= 15 is 0 Å². The van der Waals surface area contributed by atoms with Crippen molar-refractivity contribution in [1.82, 2.24) is 4.90 Å². The number of aliphatic carboxylic acids is 1. The van der Waals surface area contributed by atoms with Crippen LogP contribution in [0.25, 0.3) is 0 Å². The fourth-order valence-corrected chi connectivity index (χ4v) is 3.55. The number of hydrogen-bond donors (Lipinski definition) is 2. The van der Waals surface area contributed by atoms with Crippen molar-refractivity contribution in [3.8, 4) is 0 Å². The number of unbranched alkanes of at least 4 members (excludes halogenated alkanes) is 12. The maximum atomic E-state index is 10.9. The molecule has 0 saturated carbocycles. The van der Waals surface area contributed by atoms with E-state index < -0.39 is 5.97 Å². The molecule has 0 bridgehead atoms. The summed E-state index contributed by atoms with van der Waals surface area (Å²) in [5, 5.41) is 8.49. The van der Waals surface area contributed by atoms with E-state index in [1.54, 1.807) is 0 Å². The van der Waals surface area contributed by atoms with Gasteiger partial charge in [-0.15, -0.1) is 0 Å². The number of carboxylic acid groups (broad SMARTS) is 1. The van der Waals surface area contributed by atoms with E-state index in [-0.39, 0.29) is 11.9 Å². The highest BCUT2D eigenvalue weighted by molar-refractivity contribution is 5.79. The molecule has 0 radical (unpaired) electrons. The first-order valence-corrected chi connectivity index (χ1v) is 12.7. The minimum absolute atomic E-state index is 0.120. The summed E-state index contributed by atoms with van der Waals surface area (Å²) in [5.74, 6) is -0.880. The van der Waals surface area contributed by atoms with Crippen LogP contribution in [0.3, 0.4) is 0 Å². The minimum atomic E-state index is -0.655. The fraction of sp³-hybridized carbons (Fsp3) is 0.920. The molecule has 0 heterocycles. The number of amides is 1. The van der Waals surface area contributed by atoms with E-state index in [4.69, 9.17) is 10.8 Å². The van der Waals surface area contributed by atoms with Crippen LogP contribution >= 0.6 is 0 Å². The van der Waals surface area contributed by atoms with Crippen LogP contribution in [-0.4, -0.2) is 41.0 Å². The Morgan fingerprint density at radius 1 is 0.700 bits per heavy atom. The molecule has 0 aromatic carbocycles. The van der Waals surface area contributed by atoms with Crippen molar-refractivity contribution in [2.45, 2.75) is 136 Å². The average Bonchev–Trinajstić information content (AvgIpc) is 2.71. The highest BCUT2D eigenvalue weighted by atomic mass is 16.4. The van der Waals surface area contributed by atoms with Gasteiger partial charge in [0.05, 0.1) is 6.04 Å². The van der Waals surface area contributed by atoms with Gasteiger partial charge < -0.3 is 10.8 Å². The lowest BCUT2D eigenvalue weighted by molar-refractivity contribution is -0.137. The molecule has 5 heteroatoms. The minimum Gasteiger partial charge on any atom is -0.481 e. The highest BCUT2D eigenvalue weighted by Crippen LogP contribution is 2.12. The Balaban J connectivity index is 0. The van der Waals surface area contributed by atoms with Crippen molar-refractivity contribution < 1.29 is 14.7 Å². The molecule has 0 aliphatic heterocycles. The number of carbonyl (C=O) groups excluding carboxylic acids is 1. The zero-order chi connectivity index (χ0) is 23.0. The predicted molar refractivity (Wildman–Crippen MR) is 129 cm³/mol. The molecule has 180 valence electrons. The maximum Gasteiger partial charge on any atom is 0.303 e. The molecule has 0 aromatic heterocycles. The molecular weight excluding hydrogens is 376 g/mol. The van der Waals surface area contributed by atoms with Crippen molar-refractivity contribution in [1.29, 1.82) is 0 Å². The normalized spacial score (nSPS) is 11.8. The summed E-state index contributed by atoms with van der Waals surface area (Å²) >= 11 is 0. The van der Waals surface area contributed by atoms with Gasteiger partial charge in [-0.3, -0.25) is 14.5 Å². The van der Waals surface area contributed by atoms with Gasteiger partial charge in [0.25, 0.3) is 0 Å². The summed E-state index contributed by atoms with van der Waals surface area (Å²) in [6, 6.07) is -0.120. The Kier molecular flexibility index (Phi) is 25.0. The average molecular weight is 429 g/mol. The summed E-state index contributed by atoms with van der Waals surface area (Å²) in [7, 11) is 0. The molecule has 0 fully saturated rings. The zero-order valence-corrected chi connectivity index (χ0v) is 20.6. The quantitative estimate of drug-likeness (QED) is 0.216. The number of nitrogens with two attached hydrogens (primary N) is 1. The molecule has 0 aromatic rings. The van der Waals surface area contributed by atoms with Gasteiger partial charge in [0.15, 0.2) is 0 Å². The van der Waals surface area contributed by atoms with Gasteiger partial charge in [0.2, 0.25) is 5.91 Å². The number of primary amides is 1. The van der Waals surface area contributed by atoms with Crippen molar-refractivity contribution >= 4 is 11.9 Å². The molecule has 3 N–H and O–H groups in total. The first-order chi connectivity index (χ1) is 14.4. The van der Waals surface area contributed by atoms with Crippen LogP contribution in [0.1, 0.15) is 130 Å². The monoisotopic (exact) mass is 428 g/mol. The fourth-order valence-electron chi connectivity index (χ4n) is 3.55. The number of nitrogens with zero attached hydrogens (tertiary/aromatic N) is 1. The third-order valence-electron chi connectivity index (χ3n) is 5.48. The SMILES string of the molecule is CCCCCCCCCCCCCCCC(=O)O.CCCN(CCC)C(C)C(N)=O. The Labute approximate surface area is 187 Å². The van der Waals surface area contributed by atoms with Crippen molar-refractivity contribution in [2.24, 2.45) is 5.73 Å². The second kappa shape index (κ2) is 24.2. The van der Waals surface area contributed by atoms with Crippen molar-refractivity contribution in [3.05, 3.63) is 0 Å². The van der Waals surface area contributed by atoms with Gasteiger partial charge in [-0.1, -0.05) is 97.8 Å². The van der Waals surface area contributed by atoms with Gasteiger partial charge >= 0.3 is 5.97 Å². The van der Waals surface area contributed by atoms with Crippen LogP contribution in [0, 0.1) is 0 Å². The molecule has 1 unspecified atom stereocenters. The maximum absolute atomic E-state index is 10.9. The highest BCUT2D eigenvalue weighted by Gasteiger charge is 2.16. The summed E-state index contributed by atoms with van der Waals surface area (Å²) < 4.78 is 0. The third kappa shape index (κ3) is 23.2. The summed E-state index contributed by atoms with van der Waals surface area (Å²) in [4.78, 5) is 23.3. The second-order valence-corrected chi connectivity index (χ2v) is 8.50. The standard InChI is InChI=1S/C16H32O2.C9H20N2O/c1-2-3-4-5-6-7-8-9-10-11-12-13-14-15-16(17)18;1-4-6-11(7-5-2)8(3)9(10)12/h2-15H2,1H3,(H,17,18);8H,4-7H2,1-3H3,(H2,10,12). The van der Waals surface area contributed by atoms with Crippen LogP contribution in [0.2, 0.25) is 0 Å². The molecular formula is C25H52N2O3. The summed E-state index contributed by atoms with van der Waals surface area (Å²) in [6.45, 7) is 10.3. The van der Waals surface area contributed by atoms with Crippen LogP contribution in [0.4, 0.5) is 0 Å². The van der Waals surface area contributed by atoms with Gasteiger partial charge in [0, 0.05) is 6.42 Å². The van der Waals surface area contributed by atoms with Crippen molar-refractivity contribution in [2.75, 3.05) is 13.1 Å². The van der Waals surface area contributed by atoms with Gasteiger partial charge in [-0.2, -0.15) is 0 Å². The number of hydrogen-bond acceptors (Lipinski definition) is 3. The molecule has 1 atom stereocenters. The zero-order valence-electron chi connectivity index (χ0n) is 20.6. The number of carbonyl (C=O) groups is 2. The Bertz CT molecular complexity index is 383. The summed E-state index contributed by atoms with van der Waals surface area (Å²) in [6.07, 6.45) is 19.4. The molecule has 5 nitrogen and oxygen atoms in total. The van der Waals surface area contributed by atoms with Crippen LogP contribution in [-0.2, 0) is 9.59 Å². The van der Waals surface area contributed by atoms with Crippen LogP contribution in [0.5, 0.6) is 0 Å². The van der Waals surface area contributed by atoms with Gasteiger partial charge in [-0.05, 0) is 39.3 Å². The lowest BCUT2D eigenvalue weighted by atomic mass is 10.0. The first kappa shape index (κ1) is 31.1. The third-order valence-corrected chi connectivity index (χ3v) is 5.48.